The van der Waals surface area contributed by atoms with Crippen LogP contribution in [0, 0.1) is 5.41 Å². The van der Waals surface area contributed by atoms with Crippen molar-refractivity contribution in [3.8, 4) is 0 Å². The van der Waals surface area contributed by atoms with Gasteiger partial charge in [-0.2, -0.15) is 0 Å². The zero-order chi connectivity index (χ0) is 10.9. The summed E-state index contributed by atoms with van der Waals surface area (Å²) in [7, 11) is 0. The summed E-state index contributed by atoms with van der Waals surface area (Å²) in [6.45, 7) is 6.94. The van der Waals surface area contributed by atoms with Crippen LogP contribution < -0.4 is 0 Å². The van der Waals surface area contributed by atoms with Crippen LogP contribution >= 0.6 is 11.6 Å². The maximum absolute atomic E-state index is 5.83. The van der Waals surface area contributed by atoms with Gasteiger partial charge in [0.25, 0.3) is 0 Å². The Morgan fingerprint density at radius 3 is 2.07 bits per heavy atom. The predicted molar refractivity (Wildman–Crippen MR) is 67.1 cm³/mol. The van der Waals surface area contributed by atoms with Crippen molar-refractivity contribution in [1.29, 1.82) is 0 Å². The van der Waals surface area contributed by atoms with Crippen LogP contribution in [0.15, 0.2) is 0 Å². The lowest BCUT2D eigenvalue weighted by atomic mass is 9.80. The maximum Gasteiger partial charge on any atom is 0.0228 e. The molecule has 0 saturated heterocycles. The van der Waals surface area contributed by atoms with Crippen LogP contribution in [0.2, 0.25) is 0 Å². The SMILES string of the molecule is CCCCCCCC(C)(CC)CCCl. The minimum absolute atomic E-state index is 0.508. The van der Waals surface area contributed by atoms with Crippen molar-refractivity contribution in [2.75, 3.05) is 5.88 Å². The van der Waals surface area contributed by atoms with E-state index in [9.17, 15) is 0 Å². The van der Waals surface area contributed by atoms with Crippen molar-refractivity contribution >= 4 is 11.6 Å². The van der Waals surface area contributed by atoms with E-state index in [4.69, 9.17) is 11.6 Å². The van der Waals surface area contributed by atoms with Crippen molar-refractivity contribution in [1.82, 2.24) is 0 Å². The first-order valence-electron chi connectivity index (χ1n) is 6.24. The fourth-order valence-electron chi connectivity index (χ4n) is 1.86. The average molecular weight is 219 g/mol. The first-order chi connectivity index (χ1) is 6.68. The summed E-state index contributed by atoms with van der Waals surface area (Å²) in [5.41, 5.74) is 0.508. The molecule has 0 fully saturated rings. The van der Waals surface area contributed by atoms with E-state index in [1.54, 1.807) is 0 Å². The van der Waals surface area contributed by atoms with Crippen LogP contribution in [0.5, 0.6) is 0 Å². The summed E-state index contributed by atoms with van der Waals surface area (Å²) in [5.74, 6) is 0.819. The van der Waals surface area contributed by atoms with Crippen LogP contribution in [0.4, 0.5) is 0 Å². The molecule has 1 atom stereocenters. The second-order valence-corrected chi connectivity index (χ2v) is 5.15. The van der Waals surface area contributed by atoms with Crippen molar-refractivity contribution in [3.63, 3.8) is 0 Å². The van der Waals surface area contributed by atoms with Gasteiger partial charge in [0.2, 0.25) is 0 Å². The van der Waals surface area contributed by atoms with Gasteiger partial charge >= 0.3 is 0 Å². The van der Waals surface area contributed by atoms with E-state index < -0.39 is 0 Å². The lowest BCUT2D eigenvalue weighted by Crippen LogP contribution is -2.15. The molecule has 1 heteroatoms. The van der Waals surface area contributed by atoms with Crippen molar-refractivity contribution in [2.45, 2.75) is 72.1 Å². The first-order valence-corrected chi connectivity index (χ1v) is 6.78. The van der Waals surface area contributed by atoms with Crippen molar-refractivity contribution in [2.24, 2.45) is 5.41 Å². The van der Waals surface area contributed by atoms with Gasteiger partial charge in [-0.15, -0.1) is 11.6 Å². The molecule has 0 aliphatic heterocycles. The topological polar surface area (TPSA) is 0 Å². The molecule has 0 radical (unpaired) electrons. The molecule has 0 aromatic rings. The van der Waals surface area contributed by atoms with E-state index in [0.29, 0.717) is 5.41 Å². The van der Waals surface area contributed by atoms with Gasteiger partial charge in [-0.25, -0.2) is 0 Å². The summed E-state index contributed by atoms with van der Waals surface area (Å²) < 4.78 is 0. The fraction of sp³-hybridized carbons (Fsp3) is 1.00. The number of hydrogen-bond donors (Lipinski definition) is 0. The molecule has 0 amide bonds. The normalized spacial score (nSPS) is 15.4. The van der Waals surface area contributed by atoms with Crippen molar-refractivity contribution in [3.05, 3.63) is 0 Å². The monoisotopic (exact) mass is 218 g/mol. The third-order valence-electron chi connectivity index (χ3n) is 3.44. The van der Waals surface area contributed by atoms with Gasteiger partial charge in [0.05, 0.1) is 0 Å². The van der Waals surface area contributed by atoms with Crippen LogP contribution in [0.1, 0.15) is 72.1 Å². The Morgan fingerprint density at radius 1 is 0.929 bits per heavy atom. The Balaban J connectivity index is 3.51. The average Bonchev–Trinajstić information content (AvgIpc) is 2.18. The summed E-state index contributed by atoms with van der Waals surface area (Å²) in [5, 5.41) is 0. The van der Waals surface area contributed by atoms with Crippen LogP contribution in [0.3, 0.4) is 0 Å². The molecule has 86 valence electrons. The quantitative estimate of drug-likeness (QED) is 0.360. The third kappa shape index (κ3) is 6.70. The molecular weight excluding hydrogens is 192 g/mol. The highest BCUT2D eigenvalue weighted by Crippen LogP contribution is 2.32. The largest absolute Gasteiger partial charge is 0.127 e. The molecular formula is C13H27Cl. The van der Waals surface area contributed by atoms with E-state index in [2.05, 4.69) is 20.8 Å². The third-order valence-corrected chi connectivity index (χ3v) is 3.62. The Kier molecular flexibility index (Phi) is 8.76. The first kappa shape index (κ1) is 14.3. The molecule has 0 heterocycles. The van der Waals surface area contributed by atoms with E-state index in [1.807, 2.05) is 0 Å². The number of halogens is 1. The van der Waals surface area contributed by atoms with E-state index in [1.165, 1.54) is 51.4 Å². The Morgan fingerprint density at radius 2 is 1.57 bits per heavy atom. The number of rotatable bonds is 9. The molecule has 0 aromatic carbocycles. The molecule has 1 unspecified atom stereocenters. The van der Waals surface area contributed by atoms with Crippen LogP contribution in [-0.4, -0.2) is 5.88 Å². The summed E-state index contributed by atoms with van der Waals surface area (Å²) in [6.07, 6.45) is 10.8. The molecule has 0 saturated carbocycles. The minimum Gasteiger partial charge on any atom is -0.127 e. The van der Waals surface area contributed by atoms with Gasteiger partial charge in [-0.1, -0.05) is 59.3 Å². The molecule has 0 aliphatic rings. The predicted octanol–water partition coefficient (Wildman–Crippen LogP) is 5.39. The molecule has 0 aromatic heterocycles. The van der Waals surface area contributed by atoms with E-state index in [0.717, 1.165) is 5.88 Å². The zero-order valence-electron chi connectivity index (χ0n) is 10.2. The highest BCUT2D eigenvalue weighted by Gasteiger charge is 2.20. The minimum atomic E-state index is 0.508. The summed E-state index contributed by atoms with van der Waals surface area (Å²) in [6, 6.07) is 0. The summed E-state index contributed by atoms with van der Waals surface area (Å²) >= 11 is 5.83. The molecule has 14 heavy (non-hydrogen) atoms. The Hall–Kier alpha value is 0.290. The van der Waals surface area contributed by atoms with Gasteiger partial charge in [-0.05, 0) is 18.3 Å². The van der Waals surface area contributed by atoms with Crippen molar-refractivity contribution < 1.29 is 0 Å². The molecule has 0 nitrogen and oxygen atoms in total. The lowest BCUT2D eigenvalue weighted by molar-refractivity contribution is 0.263. The Labute approximate surface area is 95.4 Å². The van der Waals surface area contributed by atoms with E-state index in [-0.39, 0.29) is 0 Å². The molecule has 0 spiro atoms. The van der Waals surface area contributed by atoms with Crippen LogP contribution in [0.25, 0.3) is 0 Å². The molecule has 0 rings (SSSR count). The van der Waals surface area contributed by atoms with Gasteiger partial charge in [0.15, 0.2) is 0 Å². The molecule has 0 bridgehead atoms. The standard InChI is InChI=1S/C13H27Cl/c1-4-6-7-8-9-10-13(3,5-2)11-12-14/h4-12H2,1-3H3. The number of hydrogen-bond acceptors (Lipinski definition) is 0. The molecule has 0 aliphatic carbocycles. The fourth-order valence-corrected chi connectivity index (χ4v) is 2.32. The van der Waals surface area contributed by atoms with Gasteiger partial charge in [-0.3, -0.25) is 0 Å². The zero-order valence-corrected chi connectivity index (χ0v) is 11.0. The lowest BCUT2D eigenvalue weighted by Gasteiger charge is -2.27. The highest BCUT2D eigenvalue weighted by atomic mass is 35.5. The van der Waals surface area contributed by atoms with Gasteiger partial charge in [0.1, 0.15) is 0 Å². The second-order valence-electron chi connectivity index (χ2n) is 4.77. The van der Waals surface area contributed by atoms with Gasteiger partial charge in [0, 0.05) is 5.88 Å². The molecule has 0 N–H and O–H groups in total. The second kappa shape index (κ2) is 8.59. The smallest absolute Gasteiger partial charge is 0.0228 e. The Bertz CT molecular complexity index is 122. The summed E-state index contributed by atoms with van der Waals surface area (Å²) in [4.78, 5) is 0. The maximum atomic E-state index is 5.83. The van der Waals surface area contributed by atoms with Gasteiger partial charge < -0.3 is 0 Å². The number of alkyl halides is 1. The number of unbranched alkanes of at least 4 members (excludes halogenated alkanes) is 4. The highest BCUT2D eigenvalue weighted by molar-refractivity contribution is 6.17. The van der Waals surface area contributed by atoms with E-state index >= 15 is 0 Å². The van der Waals surface area contributed by atoms with Crippen LogP contribution in [-0.2, 0) is 0 Å².